The van der Waals surface area contributed by atoms with Gasteiger partial charge < -0.3 is 5.11 Å². The molecule has 0 radical (unpaired) electrons. The van der Waals surface area contributed by atoms with Gasteiger partial charge in [0.15, 0.2) is 0 Å². The monoisotopic (exact) mass is 299 g/mol. The number of hydrogen-bond acceptors (Lipinski definition) is 4. The number of rotatable bonds is 4. The van der Waals surface area contributed by atoms with Gasteiger partial charge in [0.1, 0.15) is 6.04 Å². The minimum atomic E-state index is -3.88. The van der Waals surface area contributed by atoms with Gasteiger partial charge in [-0.3, -0.25) is 14.5 Å². The summed E-state index contributed by atoms with van der Waals surface area (Å²) in [6.07, 6.45) is 3.13. The highest BCUT2D eigenvalue weighted by molar-refractivity contribution is 7.90. The SMILES string of the molecule is Cc1ccc(NS(=O)(=O)N2CCCCC2C(=O)O)cn1. The van der Waals surface area contributed by atoms with Crippen molar-refractivity contribution >= 4 is 21.9 Å². The Morgan fingerprint density at radius 2 is 2.20 bits per heavy atom. The fourth-order valence-electron chi connectivity index (χ4n) is 2.18. The van der Waals surface area contributed by atoms with Crippen molar-refractivity contribution in [2.75, 3.05) is 11.3 Å². The number of aryl methyl sites for hydroxylation is 1. The molecule has 1 aliphatic heterocycles. The molecule has 0 aliphatic carbocycles. The third kappa shape index (κ3) is 3.26. The van der Waals surface area contributed by atoms with Crippen molar-refractivity contribution in [1.29, 1.82) is 0 Å². The van der Waals surface area contributed by atoms with Crippen LogP contribution in [0.3, 0.4) is 0 Å². The van der Waals surface area contributed by atoms with Crippen LogP contribution in [0.1, 0.15) is 25.0 Å². The van der Waals surface area contributed by atoms with E-state index in [2.05, 4.69) is 9.71 Å². The average molecular weight is 299 g/mol. The minimum Gasteiger partial charge on any atom is -0.480 e. The molecule has 1 aliphatic rings. The summed E-state index contributed by atoms with van der Waals surface area (Å²) in [5, 5.41) is 9.13. The van der Waals surface area contributed by atoms with Gasteiger partial charge in [-0.05, 0) is 38.3 Å². The molecular weight excluding hydrogens is 282 g/mol. The van der Waals surface area contributed by atoms with E-state index >= 15 is 0 Å². The molecule has 0 spiro atoms. The quantitative estimate of drug-likeness (QED) is 0.863. The summed E-state index contributed by atoms with van der Waals surface area (Å²) in [4.78, 5) is 15.2. The van der Waals surface area contributed by atoms with Crippen molar-refractivity contribution in [2.45, 2.75) is 32.2 Å². The molecule has 20 heavy (non-hydrogen) atoms. The zero-order valence-corrected chi connectivity index (χ0v) is 11.9. The second kappa shape index (κ2) is 5.76. The molecule has 1 aromatic rings. The molecule has 2 heterocycles. The van der Waals surface area contributed by atoms with E-state index < -0.39 is 22.2 Å². The summed E-state index contributed by atoms with van der Waals surface area (Å²) in [6, 6.07) is 2.28. The second-order valence-electron chi connectivity index (χ2n) is 4.76. The zero-order chi connectivity index (χ0) is 14.8. The van der Waals surface area contributed by atoms with Gasteiger partial charge in [-0.25, -0.2) is 0 Å². The predicted molar refractivity (Wildman–Crippen MR) is 73.5 cm³/mol. The fraction of sp³-hybridized carbons (Fsp3) is 0.500. The fourth-order valence-corrected chi connectivity index (χ4v) is 3.61. The Bertz CT molecular complexity index is 585. The molecule has 2 N–H and O–H groups in total. The maximum atomic E-state index is 12.3. The first kappa shape index (κ1) is 14.7. The molecule has 1 unspecified atom stereocenters. The second-order valence-corrected chi connectivity index (χ2v) is 6.38. The van der Waals surface area contributed by atoms with Gasteiger partial charge in [-0.2, -0.15) is 12.7 Å². The first-order chi connectivity index (χ1) is 9.40. The van der Waals surface area contributed by atoms with E-state index in [1.807, 2.05) is 0 Å². The number of nitrogens with zero attached hydrogens (tertiary/aromatic N) is 2. The van der Waals surface area contributed by atoms with Crippen LogP contribution in [0, 0.1) is 6.92 Å². The van der Waals surface area contributed by atoms with Crippen molar-refractivity contribution in [3.05, 3.63) is 24.0 Å². The highest BCUT2D eigenvalue weighted by Crippen LogP contribution is 2.22. The van der Waals surface area contributed by atoms with E-state index in [4.69, 9.17) is 5.11 Å². The number of hydrogen-bond donors (Lipinski definition) is 2. The Labute approximate surface area is 117 Å². The Morgan fingerprint density at radius 3 is 2.80 bits per heavy atom. The number of anilines is 1. The van der Waals surface area contributed by atoms with Crippen LogP contribution in [0.2, 0.25) is 0 Å². The third-order valence-electron chi connectivity index (χ3n) is 3.21. The summed E-state index contributed by atoms with van der Waals surface area (Å²) >= 11 is 0. The number of carboxylic acid groups (broad SMARTS) is 1. The van der Waals surface area contributed by atoms with Gasteiger partial charge in [0, 0.05) is 12.2 Å². The van der Waals surface area contributed by atoms with Crippen molar-refractivity contribution in [3.63, 3.8) is 0 Å². The third-order valence-corrected chi connectivity index (χ3v) is 4.75. The van der Waals surface area contributed by atoms with Gasteiger partial charge in [-0.15, -0.1) is 0 Å². The van der Waals surface area contributed by atoms with Crippen molar-refractivity contribution < 1.29 is 18.3 Å². The molecule has 0 amide bonds. The normalized spacial score (nSPS) is 20.6. The molecule has 2 rings (SSSR count). The van der Waals surface area contributed by atoms with Crippen LogP contribution < -0.4 is 4.72 Å². The minimum absolute atomic E-state index is 0.214. The first-order valence-electron chi connectivity index (χ1n) is 6.35. The lowest BCUT2D eigenvalue weighted by molar-refractivity contribution is -0.142. The summed E-state index contributed by atoms with van der Waals surface area (Å²) in [7, 11) is -3.88. The zero-order valence-electron chi connectivity index (χ0n) is 11.1. The molecular formula is C12H17N3O4S. The summed E-state index contributed by atoms with van der Waals surface area (Å²) in [5.41, 5.74) is 1.10. The van der Waals surface area contributed by atoms with Crippen molar-refractivity contribution in [2.24, 2.45) is 0 Å². The Kier molecular flexibility index (Phi) is 4.24. The number of aliphatic carboxylic acids is 1. The lowest BCUT2D eigenvalue weighted by atomic mass is 10.1. The number of carboxylic acids is 1. The Balaban J connectivity index is 2.20. The molecule has 8 heteroatoms. The highest BCUT2D eigenvalue weighted by atomic mass is 32.2. The molecule has 7 nitrogen and oxygen atoms in total. The lowest BCUT2D eigenvalue weighted by Gasteiger charge is -2.31. The van der Waals surface area contributed by atoms with Crippen LogP contribution in [-0.2, 0) is 15.0 Å². The predicted octanol–water partition coefficient (Wildman–Crippen LogP) is 0.986. The lowest BCUT2D eigenvalue weighted by Crippen LogP contribution is -2.49. The van der Waals surface area contributed by atoms with Gasteiger partial charge in [0.25, 0.3) is 0 Å². The molecule has 0 saturated carbocycles. The van der Waals surface area contributed by atoms with E-state index in [0.717, 1.165) is 16.4 Å². The maximum absolute atomic E-state index is 12.3. The van der Waals surface area contributed by atoms with E-state index in [1.54, 1.807) is 19.1 Å². The van der Waals surface area contributed by atoms with Gasteiger partial charge in [-0.1, -0.05) is 0 Å². The molecule has 1 atom stereocenters. The number of pyridine rings is 1. The largest absolute Gasteiger partial charge is 0.480 e. The average Bonchev–Trinajstić information content (AvgIpc) is 2.41. The van der Waals surface area contributed by atoms with Crippen molar-refractivity contribution in [1.82, 2.24) is 9.29 Å². The van der Waals surface area contributed by atoms with Crippen LogP contribution in [-0.4, -0.2) is 41.4 Å². The Morgan fingerprint density at radius 1 is 1.45 bits per heavy atom. The molecule has 1 saturated heterocycles. The van der Waals surface area contributed by atoms with Gasteiger partial charge in [0.2, 0.25) is 0 Å². The smallest absolute Gasteiger partial charge is 0.322 e. The number of piperidine rings is 1. The van der Waals surface area contributed by atoms with E-state index in [0.29, 0.717) is 18.5 Å². The highest BCUT2D eigenvalue weighted by Gasteiger charge is 2.36. The molecule has 1 fully saturated rings. The molecule has 1 aromatic heterocycles. The first-order valence-corrected chi connectivity index (χ1v) is 7.79. The van der Waals surface area contributed by atoms with E-state index in [1.165, 1.54) is 6.20 Å². The van der Waals surface area contributed by atoms with E-state index in [9.17, 15) is 13.2 Å². The summed E-state index contributed by atoms with van der Waals surface area (Å²) in [6.45, 7) is 2.01. The summed E-state index contributed by atoms with van der Waals surface area (Å²) < 4.78 is 27.9. The van der Waals surface area contributed by atoms with Crippen LogP contribution in [0.15, 0.2) is 18.3 Å². The molecule has 0 aromatic carbocycles. The van der Waals surface area contributed by atoms with Crippen LogP contribution in [0.25, 0.3) is 0 Å². The van der Waals surface area contributed by atoms with Crippen LogP contribution in [0.4, 0.5) is 5.69 Å². The van der Waals surface area contributed by atoms with Crippen LogP contribution >= 0.6 is 0 Å². The van der Waals surface area contributed by atoms with Gasteiger partial charge >= 0.3 is 16.2 Å². The topological polar surface area (TPSA) is 99.6 Å². The van der Waals surface area contributed by atoms with E-state index in [-0.39, 0.29) is 6.54 Å². The van der Waals surface area contributed by atoms with Crippen molar-refractivity contribution in [3.8, 4) is 0 Å². The summed E-state index contributed by atoms with van der Waals surface area (Å²) in [5.74, 6) is -1.11. The van der Waals surface area contributed by atoms with Crippen LogP contribution in [0.5, 0.6) is 0 Å². The number of carbonyl (C=O) groups is 1. The standard InChI is InChI=1S/C12H17N3O4S/c1-9-5-6-10(8-13-9)14-20(18,19)15-7-3-2-4-11(15)12(16)17/h5-6,8,11,14H,2-4,7H2,1H3,(H,16,17). The number of nitrogens with one attached hydrogen (secondary N) is 1. The molecule has 0 bridgehead atoms. The maximum Gasteiger partial charge on any atom is 0.322 e. The molecule has 110 valence electrons. The number of aromatic nitrogens is 1. The van der Waals surface area contributed by atoms with Gasteiger partial charge in [0.05, 0.1) is 11.9 Å². The Hall–Kier alpha value is -1.67.